The summed E-state index contributed by atoms with van der Waals surface area (Å²) in [5.74, 6) is -1.28. The lowest BCUT2D eigenvalue weighted by molar-refractivity contribution is -0.152. The number of carboxylic acids is 1. The van der Waals surface area contributed by atoms with E-state index >= 15 is 0 Å². The van der Waals surface area contributed by atoms with Gasteiger partial charge in [0.15, 0.2) is 6.10 Å². The molecule has 1 aromatic carbocycles. The zero-order valence-corrected chi connectivity index (χ0v) is 12.8. The fraction of sp³-hybridized carbons (Fsp3) is 0.529. The summed E-state index contributed by atoms with van der Waals surface area (Å²) in [4.78, 5) is 23.4. The summed E-state index contributed by atoms with van der Waals surface area (Å²) < 4.78 is 11.1. The highest BCUT2D eigenvalue weighted by Crippen LogP contribution is 2.28. The van der Waals surface area contributed by atoms with E-state index in [0.717, 1.165) is 18.4 Å². The lowest BCUT2D eigenvalue weighted by Gasteiger charge is -2.26. The molecule has 0 saturated carbocycles. The van der Waals surface area contributed by atoms with E-state index in [0.29, 0.717) is 19.4 Å². The van der Waals surface area contributed by atoms with Crippen LogP contribution in [0.4, 0.5) is 0 Å². The molecule has 124 valence electrons. The second-order valence-electron chi connectivity index (χ2n) is 5.98. The summed E-state index contributed by atoms with van der Waals surface area (Å²) >= 11 is 0. The van der Waals surface area contributed by atoms with Crippen LogP contribution in [-0.4, -0.2) is 41.9 Å². The first-order valence-corrected chi connectivity index (χ1v) is 8.00. The number of carbonyl (C=O) groups excluding carboxylic acids is 1. The summed E-state index contributed by atoms with van der Waals surface area (Å²) in [5, 5.41) is 12.0. The molecule has 0 aromatic heterocycles. The molecule has 2 fully saturated rings. The van der Waals surface area contributed by atoms with Crippen molar-refractivity contribution in [3.05, 3.63) is 35.9 Å². The van der Waals surface area contributed by atoms with Crippen molar-refractivity contribution in [1.82, 2.24) is 5.32 Å². The third-order valence-corrected chi connectivity index (χ3v) is 4.38. The Bertz CT molecular complexity index is 555. The Labute approximate surface area is 134 Å². The van der Waals surface area contributed by atoms with Crippen molar-refractivity contribution in [2.45, 2.75) is 50.0 Å². The molecule has 3 rings (SSSR count). The van der Waals surface area contributed by atoms with E-state index in [1.54, 1.807) is 0 Å². The molecule has 6 heteroatoms. The number of rotatable bonds is 5. The molecule has 6 nitrogen and oxygen atoms in total. The summed E-state index contributed by atoms with van der Waals surface area (Å²) in [6.45, 7) is 0.699. The third kappa shape index (κ3) is 3.71. The molecule has 0 aliphatic carbocycles. The van der Waals surface area contributed by atoms with E-state index in [9.17, 15) is 9.59 Å². The van der Waals surface area contributed by atoms with Crippen LogP contribution >= 0.6 is 0 Å². The first-order valence-electron chi connectivity index (χ1n) is 8.00. The number of aliphatic carboxylic acids is 1. The number of hydrogen-bond donors (Lipinski definition) is 2. The predicted octanol–water partition coefficient (Wildman–Crippen LogP) is 1.66. The maximum atomic E-state index is 12.5. The van der Waals surface area contributed by atoms with Crippen LogP contribution in [-0.2, 0) is 19.1 Å². The lowest BCUT2D eigenvalue weighted by Crippen LogP contribution is -2.42. The maximum absolute atomic E-state index is 12.5. The van der Waals surface area contributed by atoms with Crippen molar-refractivity contribution in [2.75, 3.05) is 6.61 Å². The van der Waals surface area contributed by atoms with Gasteiger partial charge in [-0.25, -0.2) is 4.79 Å². The van der Waals surface area contributed by atoms with Gasteiger partial charge in [0.1, 0.15) is 6.10 Å². The first kappa shape index (κ1) is 16.0. The molecule has 0 spiro atoms. The van der Waals surface area contributed by atoms with E-state index in [4.69, 9.17) is 14.6 Å². The number of benzene rings is 1. The molecule has 0 radical (unpaired) electrons. The standard InChI is InChI=1S/C17H21NO5/c19-16(13-8-9-14(23-13)17(20)21)18-15(12-7-4-10-22-12)11-5-2-1-3-6-11/h1-3,5-6,12-15H,4,7-10H2,(H,18,19)(H,20,21)/t12?,13-,14+,15?/m0/s1. The van der Waals surface area contributed by atoms with Gasteiger partial charge >= 0.3 is 5.97 Å². The Morgan fingerprint density at radius 3 is 2.48 bits per heavy atom. The number of carbonyl (C=O) groups is 2. The molecule has 2 N–H and O–H groups in total. The molecule has 1 amide bonds. The second kappa shape index (κ2) is 7.10. The number of hydrogen-bond acceptors (Lipinski definition) is 4. The van der Waals surface area contributed by atoms with Crippen LogP contribution in [0.15, 0.2) is 30.3 Å². The van der Waals surface area contributed by atoms with Crippen LogP contribution in [0.25, 0.3) is 0 Å². The van der Waals surface area contributed by atoms with Crippen molar-refractivity contribution in [2.24, 2.45) is 0 Å². The Morgan fingerprint density at radius 2 is 1.87 bits per heavy atom. The van der Waals surface area contributed by atoms with Gasteiger partial charge in [-0.05, 0) is 31.2 Å². The molecule has 4 atom stereocenters. The molecule has 23 heavy (non-hydrogen) atoms. The predicted molar refractivity (Wildman–Crippen MR) is 81.8 cm³/mol. The monoisotopic (exact) mass is 319 g/mol. The van der Waals surface area contributed by atoms with E-state index in [1.807, 2.05) is 30.3 Å². The SMILES string of the molecule is O=C(NC(c1ccccc1)C1CCCO1)[C@@H]1CC[C@H](C(=O)O)O1. The molecule has 2 aliphatic heterocycles. The van der Waals surface area contributed by atoms with E-state index in [2.05, 4.69) is 5.32 Å². The topological polar surface area (TPSA) is 84.9 Å². The van der Waals surface area contributed by atoms with Gasteiger partial charge in [0.2, 0.25) is 5.91 Å². The van der Waals surface area contributed by atoms with Crippen LogP contribution in [0.5, 0.6) is 0 Å². The zero-order chi connectivity index (χ0) is 16.2. The van der Waals surface area contributed by atoms with Gasteiger partial charge in [0.05, 0.1) is 12.1 Å². The normalized spacial score (nSPS) is 28.4. The summed E-state index contributed by atoms with van der Waals surface area (Å²) in [6.07, 6.45) is 1.01. The minimum atomic E-state index is -1.01. The van der Waals surface area contributed by atoms with Gasteiger partial charge in [0.25, 0.3) is 0 Å². The number of ether oxygens (including phenoxy) is 2. The maximum Gasteiger partial charge on any atom is 0.332 e. The van der Waals surface area contributed by atoms with Gasteiger partial charge in [-0.3, -0.25) is 4.79 Å². The lowest BCUT2D eigenvalue weighted by atomic mass is 9.99. The Morgan fingerprint density at radius 1 is 1.13 bits per heavy atom. The molecular weight excluding hydrogens is 298 g/mol. The third-order valence-electron chi connectivity index (χ3n) is 4.38. The van der Waals surface area contributed by atoms with Crippen molar-refractivity contribution < 1.29 is 24.2 Å². The largest absolute Gasteiger partial charge is 0.479 e. The van der Waals surface area contributed by atoms with Gasteiger partial charge in [-0.2, -0.15) is 0 Å². The highest BCUT2D eigenvalue weighted by molar-refractivity contribution is 5.83. The molecule has 2 heterocycles. The minimum Gasteiger partial charge on any atom is -0.479 e. The van der Waals surface area contributed by atoms with Crippen LogP contribution < -0.4 is 5.32 Å². The number of nitrogens with one attached hydrogen (secondary N) is 1. The van der Waals surface area contributed by atoms with Gasteiger partial charge < -0.3 is 19.9 Å². The Hall–Kier alpha value is -1.92. The van der Waals surface area contributed by atoms with Gasteiger partial charge in [0, 0.05) is 6.61 Å². The van der Waals surface area contributed by atoms with Gasteiger partial charge in [-0.15, -0.1) is 0 Å². The van der Waals surface area contributed by atoms with E-state index in [-0.39, 0.29) is 18.1 Å². The Balaban J connectivity index is 1.69. The summed E-state index contributed by atoms with van der Waals surface area (Å²) in [7, 11) is 0. The minimum absolute atomic E-state index is 0.0574. The highest BCUT2D eigenvalue weighted by Gasteiger charge is 2.37. The average Bonchev–Trinajstić information content (AvgIpc) is 3.24. The number of amides is 1. The zero-order valence-electron chi connectivity index (χ0n) is 12.8. The highest BCUT2D eigenvalue weighted by atomic mass is 16.5. The smallest absolute Gasteiger partial charge is 0.332 e. The van der Waals surface area contributed by atoms with Crippen molar-refractivity contribution in [3.63, 3.8) is 0 Å². The molecule has 2 saturated heterocycles. The van der Waals surface area contributed by atoms with Crippen LogP contribution in [0.1, 0.15) is 37.3 Å². The molecular formula is C17H21NO5. The van der Waals surface area contributed by atoms with Crippen LogP contribution in [0, 0.1) is 0 Å². The molecule has 2 aliphatic rings. The van der Waals surface area contributed by atoms with Crippen molar-refractivity contribution in [3.8, 4) is 0 Å². The molecule has 0 bridgehead atoms. The number of carboxylic acid groups (broad SMARTS) is 1. The molecule has 2 unspecified atom stereocenters. The van der Waals surface area contributed by atoms with Crippen molar-refractivity contribution >= 4 is 11.9 Å². The Kier molecular flexibility index (Phi) is 4.93. The average molecular weight is 319 g/mol. The van der Waals surface area contributed by atoms with Gasteiger partial charge in [-0.1, -0.05) is 30.3 Å². The second-order valence-corrected chi connectivity index (χ2v) is 5.98. The van der Waals surface area contributed by atoms with E-state index in [1.165, 1.54) is 0 Å². The van der Waals surface area contributed by atoms with Crippen molar-refractivity contribution in [1.29, 1.82) is 0 Å². The van der Waals surface area contributed by atoms with Crippen LogP contribution in [0.2, 0.25) is 0 Å². The van der Waals surface area contributed by atoms with E-state index < -0.39 is 18.2 Å². The quantitative estimate of drug-likeness (QED) is 0.862. The first-order chi connectivity index (χ1) is 11.1. The van der Waals surface area contributed by atoms with Crippen LogP contribution in [0.3, 0.4) is 0 Å². The molecule has 1 aromatic rings. The summed E-state index contributed by atoms with van der Waals surface area (Å²) in [5.41, 5.74) is 0.987. The fourth-order valence-electron chi connectivity index (χ4n) is 3.17. The fourth-order valence-corrected chi connectivity index (χ4v) is 3.17. The summed E-state index contributed by atoms with van der Waals surface area (Å²) in [6, 6.07) is 9.46.